The lowest BCUT2D eigenvalue weighted by molar-refractivity contribution is -0.116. The first-order valence-corrected chi connectivity index (χ1v) is 10.9. The molecule has 0 saturated heterocycles. The van der Waals surface area contributed by atoms with Crippen molar-refractivity contribution >= 4 is 39.2 Å². The number of esters is 1. The van der Waals surface area contributed by atoms with Gasteiger partial charge in [-0.15, -0.1) is 11.3 Å². The van der Waals surface area contributed by atoms with Gasteiger partial charge in [0.15, 0.2) is 0 Å². The van der Waals surface area contributed by atoms with Crippen LogP contribution in [0.4, 0.5) is 5.00 Å². The second-order valence-corrected chi connectivity index (χ2v) is 8.44. The summed E-state index contributed by atoms with van der Waals surface area (Å²) < 4.78 is 8.36. The summed E-state index contributed by atoms with van der Waals surface area (Å²) >= 11 is 1.33. The molecule has 0 saturated carbocycles. The van der Waals surface area contributed by atoms with E-state index in [-0.39, 0.29) is 31.2 Å². The SMILES string of the molecule is CCOC(=O)c1c(CC(C)C)csc1NC(=O)CCn1c(=O)n(C)c2ccccc21. The van der Waals surface area contributed by atoms with E-state index < -0.39 is 5.97 Å². The van der Waals surface area contributed by atoms with Gasteiger partial charge in [0.05, 0.1) is 23.2 Å². The molecule has 8 heteroatoms. The number of rotatable bonds is 8. The molecule has 0 aliphatic rings. The first-order chi connectivity index (χ1) is 14.3. The maximum atomic E-state index is 12.6. The quantitative estimate of drug-likeness (QED) is 0.552. The van der Waals surface area contributed by atoms with Crippen LogP contribution < -0.4 is 11.0 Å². The molecule has 1 amide bonds. The number of carbonyl (C=O) groups is 2. The Morgan fingerprint density at radius 1 is 1.20 bits per heavy atom. The fourth-order valence-electron chi connectivity index (χ4n) is 3.48. The smallest absolute Gasteiger partial charge is 0.341 e. The standard InChI is InChI=1S/C22H27N3O4S/c1-5-29-21(27)19-15(12-14(2)3)13-30-20(19)23-18(26)10-11-25-17-9-7-6-8-16(17)24(4)22(25)28/h6-9,13-14H,5,10-12H2,1-4H3,(H,23,26). The predicted molar refractivity (Wildman–Crippen MR) is 119 cm³/mol. The molecule has 30 heavy (non-hydrogen) atoms. The van der Waals surface area contributed by atoms with Crippen LogP contribution >= 0.6 is 11.3 Å². The summed E-state index contributed by atoms with van der Waals surface area (Å²) in [6.45, 7) is 6.43. The van der Waals surface area contributed by atoms with Gasteiger partial charge in [-0.05, 0) is 42.3 Å². The number of carbonyl (C=O) groups excluding carboxylic acids is 2. The van der Waals surface area contributed by atoms with Gasteiger partial charge in [0.25, 0.3) is 0 Å². The van der Waals surface area contributed by atoms with Crippen LogP contribution in [-0.4, -0.2) is 27.6 Å². The summed E-state index contributed by atoms with van der Waals surface area (Å²) in [5.41, 5.74) is 2.77. The van der Waals surface area contributed by atoms with E-state index in [4.69, 9.17) is 4.74 Å². The van der Waals surface area contributed by atoms with Gasteiger partial charge in [-0.1, -0.05) is 26.0 Å². The Morgan fingerprint density at radius 3 is 2.57 bits per heavy atom. The van der Waals surface area contributed by atoms with Gasteiger partial charge < -0.3 is 10.1 Å². The molecule has 0 atom stereocenters. The van der Waals surface area contributed by atoms with E-state index >= 15 is 0 Å². The number of ether oxygens (including phenoxy) is 1. The maximum Gasteiger partial charge on any atom is 0.341 e. The molecule has 0 radical (unpaired) electrons. The molecule has 0 spiro atoms. The molecule has 1 aromatic carbocycles. The van der Waals surface area contributed by atoms with Crippen LogP contribution in [0.2, 0.25) is 0 Å². The summed E-state index contributed by atoms with van der Waals surface area (Å²) in [5.74, 6) is -0.303. The van der Waals surface area contributed by atoms with Crippen molar-refractivity contribution in [2.24, 2.45) is 13.0 Å². The number of nitrogens with one attached hydrogen (secondary N) is 1. The second-order valence-electron chi connectivity index (χ2n) is 7.56. The number of hydrogen-bond donors (Lipinski definition) is 1. The number of para-hydroxylation sites is 2. The van der Waals surface area contributed by atoms with E-state index in [0.717, 1.165) is 23.0 Å². The van der Waals surface area contributed by atoms with Crippen LogP contribution in [0.1, 0.15) is 43.1 Å². The van der Waals surface area contributed by atoms with Gasteiger partial charge >= 0.3 is 11.7 Å². The molecule has 2 aromatic heterocycles. The molecule has 0 fully saturated rings. The number of imidazole rings is 1. The zero-order chi connectivity index (χ0) is 21.8. The van der Waals surface area contributed by atoms with Crippen molar-refractivity contribution < 1.29 is 14.3 Å². The van der Waals surface area contributed by atoms with Crippen molar-refractivity contribution in [3.63, 3.8) is 0 Å². The summed E-state index contributed by atoms with van der Waals surface area (Å²) in [7, 11) is 1.72. The van der Waals surface area contributed by atoms with Gasteiger partial charge in [0.2, 0.25) is 5.91 Å². The molecular formula is C22H27N3O4S. The van der Waals surface area contributed by atoms with E-state index in [1.807, 2.05) is 29.6 Å². The van der Waals surface area contributed by atoms with Crippen molar-refractivity contribution in [3.8, 4) is 0 Å². The summed E-state index contributed by atoms with van der Waals surface area (Å²) in [6.07, 6.45) is 0.847. The highest BCUT2D eigenvalue weighted by molar-refractivity contribution is 7.15. The highest BCUT2D eigenvalue weighted by Crippen LogP contribution is 2.31. The molecule has 0 aliphatic carbocycles. The number of fused-ring (bicyclic) bond motifs is 1. The third-order valence-corrected chi connectivity index (χ3v) is 5.79. The highest BCUT2D eigenvalue weighted by Gasteiger charge is 2.22. The van der Waals surface area contributed by atoms with Gasteiger partial charge in [0, 0.05) is 20.0 Å². The third-order valence-electron chi connectivity index (χ3n) is 4.84. The number of aryl methyl sites for hydroxylation is 2. The number of benzene rings is 1. The first kappa shape index (κ1) is 21.8. The second kappa shape index (κ2) is 9.30. The molecule has 2 heterocycles. The van der Waals surface area contributed by atoms with Crippen molar-refractivity contribution in [2.75, 3.05) is 11.9 Å². The predicted octanol–water partition coefficient (Wildman–Crippen LogP) is 3.81. The number of hydrogen-bond acceptors (Lipinski definition) is 5. The van der Waals surface area contributed by atoms with E-state index in [2.05, 4.69) is 19.2 Å². The van der Waals surface area contributed by atoms with Crippen LogP contribution in [0.3, 0.4) is 0 Å². The highest BCUT2D eigenvalue weighted by atomic mass is 32.1. The van der Waals surface area contributed by atoms with Crippen molar-refractivity contribution in [1.82, 2.24) is 9.13 Å². The Kier molecular flexibility index (Phi) is 6.77. The minimum absolute atomic E-state index is 0.119. The first-order valence-electron chi connectivity index (χ1n) is 10.0. The lowest BCUT2D eigenvalue weighted by atomic mass is 10.0. The lowest BCUT2D eigenvalue weighted by Gasteiger charge is -2.10. The Balaban J connectivity index is 1.77. The fourth-order valence-corrected chi connectivity index (χ4v) is 4.46. The Bertz CT molecular complexity index is 1120. The van der Waals surface area contributed by atoms with Crippen LogP contribution in [-0.2, 0) is 29.5 Å². The van der Waals surface area contributed by atoms with Crippen molar-refractivity contribution in [2.45, 2.75) is 40.2 Å². The molecule has 0 aliphatic heterocycles. The minimum atomic E-state index is -0.421. The third kappa shape index (κ3) is 4.48. The number of nitrogens with zero attached hydrogens (tertiary/aromatic N) is 2. The number of aromatic nitrogens is 2. The van der Waals surface area contributed by atoms with Crippen LogP contribution in [0.15, 0.2) is 34.4 Å². The van der Waals surface area contributed by atoms with E-state index in [9.17, 15) is 14.4 Å². The molecule has 0 unspecified atom stereocenters. The van der Waals surface area contributed by atoms with Crippen molar-refractivity contribution in [1.29, 1.82) is 0 Å². The van der Waals surface area contributed by atoms with Gasteiger partial charge in [-0.2, -0.15) is 0 Å². The fraction of sp³-hybridized carbons (Fsp3) is 0.409. The van der Waals surface area contributed by atoms with E-state index in [1.54, 1.807) is 23.1 Å². The monoisotopic (exact) mass is 429 g/mol. The Labute approximate surface area is 179 Å². The van der Waals surface area contributed by atoms with Crippen molar-refractivity contribution in [3.05, 3.63) is 51.3 Å². The Hall–Kier alpha value is -2.87. The lowest BCUT2D eigenvalue weighted by Crippen LogP contribution is -2.24. The average Bonchev–Trinajstić information content (AvgIpc) is 3.19. The summed E-state index contributed by atoms with van der Waals surface area (Å²) in [4.78, 5) is 37.6. The normalized spacial score (nSPS) is 11.2. The molecule has 3 aromatic rings. The molecule has 1 N–H and O–H groups in total. The molecule has 3 rings (SSSR count). The number of anilines is 1. The summed E-state index contributed by atoms with van der Waals surface area (Å²) in [5, 5.41) is 5.24. The summed E-state index contributed by atoms with van der Waals surface area (Å²) in [6, 6.07) is 7.49. The molecule has 160 valence electrons. The van der Waals surface area contributed by atoms with Crippen LogP contribution in [0, 0.1) is 5.92 Å². The minimum Gasteiger partial charge on any atom is -0.462 e. The largest absolute Gasteiger partial charge is 0.462 e. The number of amides is 1. The van der Waals surface area contributed by atoms with Crippen LogP contribution in [0.5, 0.6) is 0 Å². The van der Waals surface area contributed by atoms with E-state index in [1.165, 1.54) is 11.3 Å². The molecule has 7 nitrogen and oxygen atoms in total. The molecular weight excluding hydrogens is 402 g/mol. The Morgan fingerprint density at radius 2 is 1.90 bits per heavy atom. The average molecular weight is 430 g/mol. The number of thiophene rings is 1. The van der Waals surface area contributed by atoms with E-state index in [0.29, 0.717) is 16.5 Å². The zero-order valence-electron chi connectivity index (χ0n) is 17.7. The van der Waals surface area contributed by atoms with Gasteiger partial charge in [0.1, 0.15) is 5.00 Å². The topological polar surface area (TPSA) is 82.3 Å². The van der Waals surface area contributed by atoms with Gasteiger partial charge in [-0.3, -0.25) is 13.9 Å². The molecule has 0 bridgehead atoms. The van der Waals surface area contributed by atoms with Crippen LogP contribution in [0.25, 0.3) is 11.0 Å². The van der Waals surface area contributed by atoms with Gasteiger partial charge in [-0.25, -0.2) is 9.59 Å². The zero-order valence-corrected chi connectivity index (χ0v) is 18.5. The maximum absolute atomic E-state index is 12.6.